The van der Waals surface area contributed by atoms with E-state index in [4.69, 9.17) is 8.83 Å². The molecule has 0 unspecified atom stereocenters. The lowest BCUT2D eigenvalue weighted by atomic mass is 9.85. The summed E-state index contributed by atoms with van der Waals surface area (Å²) in [6.07, 6.45) is 6.59. The molecule has 0 aromatic carbocycles. The Morgan fingerprint density at radius 2 is 2.08 bits per heavy atom. The van der Waals surface area contributed by atoms with Gasteiger partial charge in [0.15, 0.2) is 0 Å². The lowest BCUT2D eigenvalue weighted by Crippen LogP contribution is -2.34. The van der Waals surface area contributed by atoms with Crippen molar-refractivity contribution in [3.8, 4) is 0 Å². The van der Waals surface area contributed by atoms with Crippen LogP contribution in [0.5, 0.6) is 0 Å². The number of oxazole rings is 1. The van der Waals surface area contributed by atoms with Gasteiger partial charge < -0.3 is 8.83 Å². The molecule has 1 atom stereocenters. The van der Waals surface area contributed by atoms with E-state index >= 15 is 0 Å². The highest BCUT2D eigenvalue weighted by molar-refractivity contribution is 4.97. The second-order valence-corrected chi connectivity index (χ2v) is 7.12. The fraction of sp³-hybridized carbons (Fsp3) is 0.706. The van der Waals surface area contributed by atoms with Gasteiger partial charge in [-0.15, -0.1) is 10.2 Å². The highest BCUT2D eigenvalue weighted by atomic mass is 16.4. The van der Waals surface area contributed by atoms with Crippen molar-refractivity contribution in [2.45, 2.75) is 57.7 Å². The van der Waals surface area contributed by atoms with Crippen molar-refractivity contribution in [2.24, 2.45) is 0 Å². The second-order valence-electron chi connectivity index (χ2n) is 7.12. The number of likely N-dealkylation sites (tertiary alicyclic amines) is 1. The largest absolute Gasteiger partial charge is 0.445 e. The van der Waals surface area contributed by atoms with Gasteiger partial charge in [0.05, 0.1) is 19.3 Å². The van der Waals surface area contributed by atoms with E-state index in [1.807, 2.05) is 6.92 Å². The SMILES string of the molecule is Cc1cnc(CN(C)[C@@H]2CCN(Cc3nnc(C4CCC4)o3)C2)o1. The number of aryl methyl sites for hydroxylation is 1. The Kier molecular flexibility index (Phi) is 4.37. The minimum atomic E-state index is 0.506. The number of nitrogens with zero attached hydrogens (tertiary/aromatic N) is 5. The van der Waals surface area contributed by atoms with Crippen LogP contribution in [-0.2, 0) is 13.1 Å². The Bertz CT molecular complexity index is 678. The summed E-state index contributed by atoms with van der Waals surface area (Å²) in [4.78, 5) is 9.00. The Balaban J connectivity index is 1.28. The zero-order chi connectivity index (χ0) is 16.5. The van der Waals surface area contributed by atoms with Gasteiger partial charge >= 0.3 is 0 Å². The van der Waals surface area contributed by atoms with Gasteiger partial charge in [-0.05, 0) is 33.2 Å². The van der Waals surface area contributed by atoms with E-state index < -0.39 is 0 Å². The Hall–Kier alpha value is -1.73. The molecule has 0 bridgehead atoms. The first-order valence-electron chi connectivity index (χ1n) is 8.83. The summed E-state index contributed by atoms with van der Waals surface area (Å²) in [6.45, 7) is 5.50. The van der Waals surface area contributed by atoms with Gasteiger partial charge in [-0.3, -0.25) is 9.80 Å². The molecule has 7 heteroatoms. The van der Waals surface area contributed by atoms with Crippen LogP contribution in [0.15, 0.2) is 15.0 Å². The van der Waals surface area contributed by atoms with Gasteiger partial charge in [-0.1, -0.05) is 6.42 Å². The smallest absolute Gasteiger partial charge is 0.230 e. The highest BCUT2D eigenvalue weighted by Gasteiger charge is 2.29. The molecule has 130 valence electrons. The molecule has 2 aliphatic rings. The predicted octanol–water partition coefficient (Wildman–Crippen LogP) is 2.34. The van der Waals surface area contributed by atoms with Gasteiger partial charge in [0.2, 0.25) is 17.7 Å². The van der Waals surface area contributed by atoms with Gasteiger partial charge in [-0.2, -0.15) is 0 Å². The quantitative estimate of drug-likeness (QED) is 0.804. The van der Waals surface area contributed by atoms with Crippen molar-refractivity contribution in [1.29, 1.82) is 0 Å². The minimum absolute atomic E-state index is 0.506. The molecule has 0 spiro atoms. The Labute approximate surface area is 142 Å². The number of aromatic nitrogens is 3. The molecule has 1 saturated heterocycles. The van der Waals surface area contributed by atoms with Gasteiger partial charge in [0, 0.05) is 25.0 Å². The molecule has 2 aromatic heterocycles. The first-order valence-corrected chi connectivity index (χ1v) is 8.83. The first-order chi connectivity index (χ1) is 11.7. The molecule has 3 heterocycles. The van der Waals surface area contributed by atoms with E-state index in [1.54, 1.807) is 6.20 Å². The fourth-order valence-corrected chi connectivity index (χ4v) is 3.47. The summed E-state index contributed by atoms with van der Waals surface area (Å²) in [5.41, 5.74) is 0. The maximum atomic E-state index is 5.84. The maximum Gasteiger partial charge on any atom is 0.230 e. The van der Waals surface area contributed by atoms with E-state index in [0.29, 0.717) is 12.0 Å². The molecule has 0 amide bonds. The number of hydrogen-bond acceptors (Lipinski definition) is 7. The standard InChI is InChI=1S/C17H25N5O2/c1-12-8-18-15(23-12)10-21(2)14-6-7-22(9-14)11-16-19-20-17(24-16)13-4-3-5-13/h8,13-14H,3-7,9-11H2,1-2H3/t14-/m1/s1. The lowest BCUT2D eigenvalue weighted by Gasteiger charge is -2.23. The van der Waals surface area contributed by atoms with Crippen molar-refractivity contribution in [3.05, 3.63) is 29.6 Å². The zero-order valence-electron chi connectivity index (χ0n) is 14.4. The Morgan fingerprint density at radius 3 is 2.79 bits per heavy atom. The zero-order valence-corrected chi connectivity index (χ0v) is 14.4. The molecule has 24 heavy (non-hydrogen) atoms. The number of hydrogen-bond donors (Lipinski definition) is 0. The van der Waals surface area contributed by atoms with E-state index in [-0.39, 0.29) is 0 Å². The monoisotopic (exact) mass is 331 g/mol. The van der Waals surface area contributed by atoms with Crippen molar-refractivity contribution in [1.82, 2.24) is 25.0 Å². The van der Waals surface area contributed by atoms with Gasteiger partial charge in [0.1, 0.15) is 5.76 Å². The molecular weight excluding hydrogens is 306 g/mol. The predicted molar refractivity (Wildman–Crippen MR) is 87.3 cm³/mol. The number of likely N-dealkylation sites (N-methyl/N-ethyl adjacent to an activating group) is 1. The van der Waals surface area contributed by atoms with Crippen molar-refractivity contribution in [3.63, 3.8) is 0 Å². The Morgan fingerprint density at radius 1 is 1.21 bits per heavy atom. The minimum Gasteiger partial charge on any atom is -0.445 e. The molecule has 4 rings (SSSR count). The van der Waals surface area contributed by atoms with Crippen LogP contribution in [0, 0.1) is 6.92 Å². The summed E-state index contributed by atoms with van der Waals surface area (Å²) in [6, 6.07) is 0.506. The van der Waals surface area contributed by atoms with E-state index in [0.717, 1.165) is 56.0 Å². The lowest BCUT2D eigenvalue weighted by molar-refractivity contribution is 0.198. The third-order valence-corrected chi connectivity index (χ3v) is 5.22. The molecule has 1 aliphatic carbocycles. The van der Waals surface area contributed by atoms with Crippen molar-refractivity contribution >= 4 is 0 Å². The summed E-state index contributed by atoms with van der Waals surface area (Å²) in [5.74, 6) is 3.75. The summed E-state index contributed by atoms with van der Waals surface area (Å²) in [5, 5.41) is 8.44. The number of rotatable bonds is 6. The van der Waals surface area contributed by atoms with Crippen molar-refractivity contribution in [2.75, 3.05) is 20.1 Å². The van der Waals surface area contributed by atoms with Crippen LogP contribution >= 0.6 is 0 Å². The van der Waals surface area contributed by atoms with E-state index in [9.17, 15) is 0 Å². The summed E-state index contributed by atoms with van der Waals surface area (Å²) >= 11 is 0. The molecule has 1 aliphatic heterocycles. The third kappa shape index (κ3) is 3.37. The summed E-state index contributed by atoms with van der Waals surface area (Å²) < 4.78 is 11.4. The average molecular weight is 331 g/mol. The van der Waals surface area contributed by atoms with E-state index in [1.165, 1.54) is 19.3 Å². The first kappa shape index (κ1) is 15.8. The molecule has 7 nitrogen and oxygen atoms in total. The van der Waals surface area contributed by atoms with Crippen LogP contribution in [-0.4, -0.2) is 51.2 Å². The van der Waals surface area contributed by atoms with Crippen LogP contribution < -0.4 is 0 Å². The topological polar surface area (TPSA) is 71.4 Å². The summed E-state index contributed by atoms with van der Waals surface area (Å²) in [7, 11) is 2.13. The molecule has 2 fully saturated rings. The van der Waals surface area contributed by atoms with Crippen LogP contribution in [0.1, 0.15) is 55.0 Å². The molecule has 2 aromatic rings. The molecule has 1 saturated carbocycles. The molecular formula is C17H25N5O2. The van der Waals surface area contributed by atoms with Crippen LogP contribution in [0.3, 0.4) is 0 Å². The second kappa shape index (κ2) is 6.64. The fourth-order valence-electron chi connectivity index (χ4n) is 3.47. The normalized spacial score (nSPS) is 22.4. The van der Waals surface area contributed by atoms with Crippen LogP contribution in [0.25, 0.3) is 0 Å². The average Bonchev–Trinajstić information content (AvgIpc) is 3.20. The molecule has 0 radical (unpaired) electrons. The highest BCUT2D eigenvalue weighted by Crippen LogP contribution is 2.35. The van der Waals surface area contributed by atoms with Gasteiger partial charge in [-0.25, -0.2) is 4.98 Å². The van der Waals surface area contributed by atoms with Crippen LogP contribution in [0.4, 0.5) is 0 Å². The third-order valence-electron chi connectivity index (χ3n) is 5.22. The maximum absolute atomic E-state index is 5.84. The van der Waals surface area contributed by atoms with Gasteiger partial charge in [0.25, 0.3) is 0 Å². The van der Waals surface area contributed by atoms with Crippen molar-refractivity contribution < 1.29 is 8.83 Å². The van der Waals surface area contributed by atoms with Crippen LogP contribution in [0.2, 0.25) is 0 Å². The molecule has 0 N–H and O–H groups in total. The van der Waals surface area contributed by atoms with E-state index in [2.05, 4.69) is 32.0 Å².